The maximum atomic E-state index is 12.2. The number of H-pyrrole nitrogens is 1. The van der Waals surface area contributed by atoms with Gasteiger partial charge in [0.25, 0.3) is 5.91 Å². The number of aromatic amines is 1. The van der Waals surface area contributed by atoms with Gasteiger partial charge in [0, 0.05) is 43.5 Å². The van der Waals surface area contributed by atoms with Gasteiger partial charge in [0.1, 0.15) is 0 Å². The number of amides is 1. The number of pyridine rings is 1. The lowest BCUT2D eigenvalue weighted by molar-refractivity contribution is 0.0939. The Labute approximate surface area is 140 Å². The molecule has 0 radical (unpaired) electrons. The highest BCUT2D eigenvalue weighted by Gasteiger charge is 2.31. The van der Waals surface area contributed by atoms with Gasteiger partial charge in [0.15, 0.2) is 0 Å². The number of likely N-dealkylation sites (tertiary alicyclic amines) is 1. The zero-order chi connectivity index (χ0) is 16.9. The number of rotatable bonds is 5. The maximum absolute atomic E-state index is 12.2. The third-order valence-corrected chi connectivity index (χ3v) is 4.27. The monoisotopic (exact) mass is 327 g/mol. The molecule has 2 atom stereocenters. The quantitative estimate of drug-likeness (QED) is 0.756. The number of β-amino-alcohol motifs (C(OH)–C–C–N with tert-alkyl or cyclic N) is 1. The molecule has 1 aromatic carbocycles. The van der Waals surface area contributed by atoms with Gasteiger partial charge in [-0.05, 0) is 18.1 Å². The van der Waals surface area contributed by atoms with Crippen LogP contribution in [0.5, 0.6) is 0 Å². The molecule has 0 spiro atoms. The van der Waals surface area contributed by atoms with Crippen LogP contribution in [0.15, 0.2) is 53.5 Å². The van der Waals surface area contributed by atoms with Crippen LogP contribution in [0, 0.1) is 0 Å². The summed E-state index contributed by atoms with van der Waals surface area (Å²) in [6.07, 6.45) is 1.70. The average molecular weight is 327 g/mol. The summed E-state index contributed by atoms with van der Waals surface area (Å²) in [6.45, 7) is 1.78. The Morgan fingerprint density at radius 3 is 2.83 bits per heavy atom. The molecule has 1 aliphatic rings. The molecule has 0 bridgehead atoms. The van der Waals surface area contributed by atoms with Crippen molar-refractivity contribution in [2.45, 2.75) is 25.1 Å². The van der Waals surface area contributed by atoms with Gasteiger partial charge in [-0.3, -0.25) is 14.5 Å². The standard InChI is InChI=1S/C18H21N3O3/c22-16-9-15(21(12-16)11-13-4-2-1-3-5-13)10-20-18(24)14-6-7-19-17(23)8-14/h1-8,15-16,22H,9-12H2,(H,19,23)(H,20,24). The van der Waals surface area contributed by atoms with Crippen LogP contribution in [0.2, 0.25) is 0 Å². The van der Waals surface area contributed by atoms with Crippen molar-refractivity contribution in [2.75, 3.05) is 13.1 Å². The van der Waals surface area contributed by atoms with Gasteiger partial charge in [0.2, 0.25) is 5.56 Å². The fourth-order valence-electron chi connectivity index (χ4n) is 3.08. The number of aliphatic hydroxyl groups is 1. The van der Waals surface area contributed by atoms with Crippen LogP contribution in [-0.4, -0.2) is 46.1 Å². The van der Waals surface area contributed by atoms with Crippen molar-refractivity contribution in [1.29, 1.82) is 0 Å². The van der Waals surface area contributed by atoms with Crippen LogP contribution in [0.4, 0.5) is 0 Å². The molecule has 2 aromatic rings. The van der Waals surface area contributed by atoms with Gasteiger partial charge < -0.3 is 15.4 Å². The number of nitrogens with one attached hydrogen (secondary N) is 2. The van der Waals surface area contributed by atoms with Crippen molar-refractivity contribution < 1.29 is 9.90 Å². The summed E-state index contributed by atoms with van der Waals surface area (Å²) in [4.78, 5) is 28.1. The van der Waals surface area contributed by atoms with Crippen LogP contribution >= 0.6 is 0 Å². The van der Waals surface area contributed by atoms with E-state index in [2.05, 4.69) is 27.3 Å². The summed E-state index contributed by atoms with van der Waals surface area (Å²) in [7, 11) is 0. The summed E-state index contributed by atoms with van der Waals surface area (Å²) in [5.74, 6) is -0.276. The number of aromatic nitrogens is 1. The Hall–Kier alpha value is -2.44. The molecule has 126 valence electrons. The smallest absolute Gasteiger partial charge is 0.251 e. The highest BCUT2D eigenvalue weighted by Crippen LogP contribution is 2.20. The van der Waals surface area contributed by atoms with E-state index < -0.39 is 0 Å². The van der Waals surface area contributed by atoms with E-state index in [-0.39, 0.29) is 23.6 Å². The van der Waals surface area contributed by atoms with Gasteiger partial charge >= 0.3 is 0 Å². The average Bonchev–Trinajstić information content (AvgIpc) is 2.93. The molecule has 6 nitrogen and oxygen atoms in total. The van der Waals surface area contributed by atoms with Crippen molar-refractivity contribution in [3.05, 3.63) is 70.1 Å². The van der Waals surface area contributed by atoms with Crippen molar-refractivity contribution in [2.24, 2.45) is 0 Å². The Morgan fingerprint density at radius 2 is 2.08 bits per heavy atom. The molecule has 1 fully saturated rings. The fourth-order valence-corrected chi connectivity index (χ4v) is 3.08. The lowest BCUT2D eigenvalue weighted by Crippen LogP contribution is -2.40. The van der Waals surface area contributed by atoms with E-state index in [1.807, 2.05) is 18.2 Å². The molecule has 1 aromatic heterocycles. The normalized spacial score (nSPS) is 20.9. The second kappa shape index (κ2) is 7.42. The molecule has 0 saturated carbocycles. The molecule has 3 N–H and O–H groups in total. The minimum Gasteiger partial charge on any atom is -0.392 e. The maximum Gasteiger partial charge on any atom is 0.251 e. The molecule has 6 heteroatoms. The molecular formula is C18H21N3O3. The highest BCUT2D eigenvalue weighted by atomic mass is 16.3. The first-order valence-corrected chi connectivity index (χ1v) is 8.05. The first kappa shape index (κ1) is 16.4. The number of carbonyl (C=O) groups is 1. The van der Waals surface area contributed by atoms with Crippen molar-refractivity contribution in [3.63, 3.8) is 0 Å². The SMILES string of the molecule is O=C(NCC1CC(O)CN1Cc1ccccc1)c1cc[nH]c(=O)c1. The van der Waals surface area contributed by atoms with E-state index in [0.29, 0.717) is 25.1 Å². The summed E-state index contributed by atoms with van der Waals surface area (Å²) in [5.41, 5.74) is 1.22. The van der Waals surface area contributed by atoms with Crippen LogP contribution < -0.4 is 10.9 Å². The number of hydrogen-bond acceptors (Lipinski definition) is 4. The minimum atomic E-state index is -0.379. The van der Waals surface area contributed by atoms with Crippen LogP contribution in [0.3, 0.4) is 0 Å². The fraction of sp³-hybridized carbons (Fsp3) is 0.333. The summed E-state index contributed by atoms with van der Waals surface area (Å²) in [5, 5.41) is 12.8. The zero-order valence-electron chi connectivity index (χ0n) is 13.3. The van der Waals surface area contributed by atoms with Crippen LogP contribution in [-0.2, 0) is 6.54 Å². The number of hydrogen-bond donors (Lipinski definition) is 3. The molecule has 1 amide bonds. The lowest BCUT2D eigenvalue weighted by Gasteiger charge is -2.24. The zero-order valence-corrected chi connectivity index (χ0v) is 13.3. The van der Waals surface area contributed by atoms with E-state index >= 15 is 0 Å². The first-order valence-electron chi connectivity index (χ1n) is 8.05. The predicted octanol–water partition coefficient (Wildman–Crippen LogP) is 0.740. The van der Waals surface area contributed by atoms with Gasteiger partial charge in [-0.2, -0.15) is 0 Å². The Balaban J connectivity index is 1.60. The molecule has 2 unspecified atom stereocenters. The van der Waals surface area contributed by atoms with Crippen molar-refractivity contribution >= 4 is 5.91 Å². The van der Waals surface area contributed by atoms with Gasteiger partial charge in [-0.15, -0.1) is 0 Å². The third kappa shape index (κ3) is 4.10. The topological polar surface area (TPSA) is 85.4 Å². The third-order valence-electron chi connectivity index (χ3n) is 4.27. The Kier molecular flexibility index (Phi) is 5.08. The van der Waals surface area contributed by atoms with E-state index in [9.17, 15) is 14.7 Å². The second-order valence-electron chi connectivity index (χ2n) is 6.11. The van der Waals surface area contributed by atoms with E-state index in [0.717, 1.165) is 6.54 Å². The van der Waals surface area contributed by atoms with Crippen LogP contribution in [0.1, 0.15) is 22.3 Å². The van der Waals surface area contributed by atoms with E-state index in [4.69, 9.17) is 0 Å². The van der Waals surface area contributed by atoms with Gasteiger partial charge in [-0.25, -0.2) is 0 Å². The summed E-state index contributed by atoms with van der Waals surface area (Å²) >= 11 is 0. The molecule has 0 aliphatic carbocycles. The largest absolute Gasteiger partial charge is 0.392 e. The molecule has 24 heavy (non-hydrogen) atoms. The Bertz CT molecular complexity index is 744. The molecule has 2 heterocycles. The number of carbonyl (C=O) groups excluding carboxylic acids is 1. The van der Waals surface area contributed by atoms with Crippen LogP contribution in [0.25, 0.3) is 0 Å². The second-order valence-corrected chi connectivity index (χ2v) is 6.11. The van der Waals surface area contributed by atoms with E-state index in [1.54, 1.807) is 6.07 Å². The number of benzene rings is 1. The van der Waals surface area contributed by atoms with Crippen molar-refractivity contribution in [1.82, 2.24) is 15.2 Å². The Morgan fingerprint density at radius 1 is 1.29 bits per heavy atom. The summed E-state index contributed by atoms with van der Waals surface area (Å²) in [6, 6.07) is 13.0. The van der Waals surface area contributed by atoms with Gasteiger partial charge in [-0.1, -0.05) is 30.3 Å². The lowest BCUT2D eigenvalue weighted by atomic mass is 10.1. The first-order chi connectivity index (χ1) is 11.6. The molecular weight excluding hydrogens is 306 g/mol. The summed E-state index contributed by atoms with van der Waals surface area (Å²) < 4.78 is 0. The van der Waals surface area contributed by atoms with Crippen molar-refractivity contribution in [3.8, 4) is 0 Å². The van der Waals surface area contributed by atoms with E-state index in [1.165, 1.54) is 17.8 Å². The minimum absolute atomic E-state index is 0.0751. The predicted molar refractivity (Wildman–Crippen MR) is 90.7 cm³/mol. The van der Waals surface area contributed by atoms with Gasteiger partial charge in [0.05, 0.1) is 6.10 Å². The molecule has 3 rings (SSSR count). The molecule has 1 aliphatic heterocycles. The molecule has 1 saturated heterocycles. The highest BCUT2D eigenvalue weighted by molar-refractivity contribution is 5.93. The number of nitrogens with zero attached hydrogens (tertiary/aromatic N) is 1. The number of aliphatic hydroxyl groups excluding tert-OH is 1.